The van der Waals surface area contributed by atoms with Crippen LogP contribution in [-0.2, 0) is 19.1 Å². The normalized spacial score (nSPS) is 16.2. The van der Waals surface area contributed by atoms with Gasteiger partial charge in [0.1, 0.15) is 5.57 Å². The van der Waals surface area contributed by atoms with Crippen LogP contribution in [-0.4, -0.2) is 26.2 Å². The molecule has 0 heterocycles. The average molecular weight is 226 g/mol. The minimum atomic E-state index is -0.580. The summed E-state index contributed by atoms with van der Waals surface area (Å²) in [5.41, 5.74) is 0.989. The molecule has 1 rings (SSSR count). The molecule has 0 bridgehead atoms. The third kappa shape index (κ3) is 3.08. The molecule has 16 heavy (non-hydrogen) atoms. The van der Waals surface area contributed by atoms with Gasteiger partial charge in [0, 0.05) is 0 Å². The van der Waals surface area contributed by atoms with Crippen LogP contribution < -0.4 is 0 Å². The summed E-state index contributed by atoms with van der Waals surface area (Å²) in [6.45, 7) is 0. The van der Waals surface area contributed by atoms with Crippen LogP contribution in [0.3, 0.4) is 0 Å². The zero-order valence-corrected chi connectivity index (χ0v) is 9.88. The molecule has 90 valence electrons. The number of rotatable bonds is 2. The molecule has 0 atom stereocenters. The van der Waals surface area contributed by atoms with Gasteiger partial charge < -0.3 is 9.47 Å². The van der Waals surface area contributed by atoms with Gasteiger partial charge in [-0.2, -0.15) is 0 Å². The van der Waals surface area contributed by atoms with Crippen LogP contribution in [0.4, 0.5) is 0 Å². The van der Waals surface area contributed by atoms with Crippen LogP contribution in [0.5, 0.6) is 0 Å². The molecule has 4 nitrogen and oxygen atoms in total. The molecule has 0 unspecified atom stereocenters. The summed E-state index contributed by atoms with van der Waals surface area (Å²) in [6, 6.07) is 0. The highest BCUT2D eigenvalue weighted by Crippen LogP contribution is 2.26. The molecule has 0 spiro atoms. The maximum Gasteiger partial charge on any atom is 0.345 e. The Labute approximate surface area is 95.6 Å². The Bertz CT molecular complexity index is 276. The van der Waals surface area contributed by atoms with E-state index in [4.69, 9.17) is 0 Å². The SMILES string of the molecule is COC(=O)C(C(=O)OC)=C1CCCCCC1. The minimum absolute atomic E-state index is 0.104. The fraction of sp³-hybridized carbons (Fsp3) is 0.667. The first-order chi connectivity index (χ1) is 7.70. The molecule has 0 aromatic rings. The van der Waals surface area contributed by atoms with Crippen molar-refractivity contribution >= 4 is 11.9 Å². The number of methoxy groups -OCH3 is 2. The van der Waals surface area contributed by atoms with Gasteiger partial charge in [-0.3, -0.25) is 0 Å². The van der Waals surface area contributed by atoms with Crippen molar-refractivity contribution in [2.75, 3.05) is 14.2 Å². The fourth-order valence-corrected chi connectivity index (χ4v) is 1.98. The second-order valence-corrected chi connectivity index (χ2v) is 3.88. The number of hydrogen-bond acceptors (Lipinski definition) is 4. The summed E-state index contributed by atoms with van der Waals surface area (Å²) in [5, 5.41) is 0. The van der Waals surface area contributed by atoms with Crippen LogP contribution in [0.25, 0.3) is 0 Å². The van der Waals surface area contributed by atoms with Crippen LogP contribution in [0.1, 0.15) is 38.5 Å². The van der Waals surface area contributed by atoms with Crippen molar-refractivity contribution in [3.05, 3.63) is 11.1 Å². The molecule has 4 heteroatoms. The first-order valence-corrected chi connectivity index (χ1v) is 5.59. The molecule has 1 fully saturated rings. The second-order valence-electron chi connectivity index (χ2n) is 3.88. The van der Waals surface area contributed by atoms with Gasteiger partial charge in [-0.25, -0.2) is 9.59 Å². The Morgan fingerprint density at radius 3 is 1.69 bits per heavy atom. The Balaban J connectivity index is 2.99. The lowest BCUT2D eigenvalue weighted by molar-refractivity contribution is -0.144. The Morgan fingerprint density at radius 2 is 1.31 bits per heavy atom. The molecule has 1 saturated carbocycles. The van der Waals surface area contributed by atoms with E-state index in [1.807, 2.05) is 0 Å². The Kier molecular flexibility index (Phi) is 5.02. The van der Waals surface area contributed by atoms with Crippen LogP contribution in [0.2, 0.25) is 0 Å². The summed E-state index contributed by atoms with van der Waals surface area (Å²) >= 11 is 0. The number of carbonyl (C=O) groups is 2. The van der Waals surface area contributed by atoms with Crippen molar-refractivity contribution in [1.82, 2.24) is 0 Å². The first kappa shape index (κ1) is 12.7. The van der Waals surface area contributed by atoms with E-state index in [1.54, 1.807) is 0 Å². The number of ether oxygens (including phenoxy) is 2. The van der Waals surface area contributed by atoms with Crippen molar-refractivity contribution < 1.29 is 19.1 Å². The van der Waals surface area contributed by atoms with E-state index in [0.29, 0.717) is 0 Å². The molecule has 0 saturated heterocycles. The van der Waals surface area contributed by atoms with E-state index in [-0.39, 0.29) is 5.57 Å². The third-order valence-electron chi connectivity index (χ3n) is 2.84. The highest BCUT2D eigenvalue weighted by Gasteiger charge is 2.24. The molecule has 0 aliphatic heterocycles. The quantitative estimate of drug-likeness (QED) is 0.237. The minimum Gasteiger partial charge on any atom is -0.465 e. The van der Waals surface area contributed by atoms with E-state index in [9.17, 15) is 9.59 Å². The molecule has 1 aliphatic carbocycles. The van der Waals surface area contributed by atoms with Gasteiger partial charge >= 0.3 is 11.9 Å². The zero-order valence-electron chi connectivity index (χ0n) is 9.88. The highest BCUT2D eigenvalue weighted by atomic mass is 16.5. The van der Waals surface area contributed by atoms with Gasteiger partial charge in [0.05, 0.1) is 14.2 Å². The number of hydrogen-bond donors (Lipinski definition) is 0. The largest absolute Gasteiger partial charge is 0.465 e. The average Bonchev–Trinajstić information content (AvgIpc) is 2.57. The lowest BCUT2D eigenvalue weighted by Gasteiger charge is -2.09. The summed E-state index contributed by atoms with van der Waals surface area (Å²) in [5.74, 6) is -1.16. The van der Waals surface area contributed by atoms with Gasteiger partial charge in [0.25, 0.3) is 0 Å². The molecule has 0 aromatic heterocycles. The molecule has 0 aromatic carbocycles. The molecular formula is C12H18O4. The van der Waals surface area contributed by atoms with E-state index >= 15 is 0 Å². The van der Waals surface area contributed by atoms with Crippen LogP contribution >= 0.6 is 0 Å². The maximum atomic E-state index is 11.5. The summed E-state index contributed by atoms with van der Waals surface area (Å²) in [4.78, 5) is 23.1. The fourth-order valence-electron chi connectivity index (χ4n) is 1.98. The summed E-state index contributed by atoms with van der Waals surface area (Å²) in [6.07, 6.45) is 5.93. The molecule has 1 aliphatic rings. The van der Waals surface area contributed by atoms with Gasteiger partial charge in [-0.15, -0.1) is 0 Å². The first-order valence-electron chi connectivity index (χ1n) is 5.59. The van der Waals surface area contributed by atoms with Gasteiger partial charge in [-0.1, -0.05) is 12.8 Å². The van der Waals surface area contributed by atoms with E-state index in [0.717, 1.165) is 44.1 Å². The third-order valence-corrected chi connectivity index (χ3v) is 2.84. The van der Waals surface area contributed by atoms with E-state index in [2.05, 4.69) is 9.47 Å². The van der Waals surface area contributed by atoms with Crippen molar-refractivity contribution in [3.63, 3.8) is 0 Å². The standard InChI is InChI=1S/C12H18O4/c1-15-11(13)10(12(14)16-2)9-7-5-3-4-6-8-9/h3-8H2,1-2H3. The van der Waals surface area contributed by atoms with Gasteiger partial charge in [0.15, 0.2) is 0 Å². The summed E-state index contributed by atoms with van der Waals surface area (Å²) in [7, 11) is 2.56. The van der Waals surface area contributed by atoms with Gasteiger partial charge in [0.2, 0.25) is 0 Å². The van der Waals surface area contributed by atoms with Crippen molar-refractivity contribution in [2.24, 2.45) is 0 Å². The lowest BCUT2D eigenvalue weighted by Crippen LogP contribution is -2.18. The summed E-state index contributed by atoms with van der Waals surface area (Å²) < 4.78 is 9.26. The predicted molar refractivity (Wildman–Crippen MR) is 58.8 cm³/mol. The monoisotopic (exact) mass is 226 g/mol. The Morgan fingerprint density at radius 1 is 0.875 bits per heavy atom. The lowest BCUT2D eigenvalue weighted by atomic mass is 10.0. The highest BCUT2D eigenvalue weighted by molar-refractivity contribution is 6.14. The van der Waals surface area contributed by atoms with Crippen molar-refractivity contribution in [2.45, 2.75) is 38.5 Å². The molecule has 0 amide bonds. The van der Waals surface area contributed by atoms with Crippen molar-refractivity contribution in [3.8, 4) is 0 Å². The van der Waals surface area contributed by atoms with Crippen LogP contribution in [0.15, 0.2) is 11.1 Å². The molecular weight excluding hydrogens is 208 g/mol. The van der Waals surface area contributed by atoms with E-state index in [1.165, 1.54) is 14.2 Å². The zero-order chi connectivity index (χ0) is 12.0. The number of esters is 2. The number of allylic oxidation sites excluding steroid dienone is 1. The number of carbonyl (C=O) groups excluding carboxylic acids is 2. The second kappa shape index (κ2) is 6.30. The molecule has 0 radical (unpaired) electrons. The van der Waals surface area contributed by atoms with Crippen LogP contribution in [0, 0.1) is 0 Å². The maximum absolute atomic E-state index is 11.5. The molecule has 0 N–H and O–H groups in total. The predicted octanol–water partition coefficient (Wildman–Crippen LogP) is 1.98. The smallest absolute Gasteiger partial charge is 0.345 e. The van der Waals surface area contributed by atoms with E-state index < -0.39 is 11.9 Å². The van der Waals surface area contributed by atoms with Gasteiger partial charge in [-0.05, 0) is 31.3 Å². The Hall–Kier alpha value is -1.32. The topological polar surface area (TPSA) is 52.6 Å². The van der Waals surface area contributed by atoms with Crippen molar-refractivity contribution in [1.29, 1.82) is 0 Å².